The maximum Gasteiger partial charge on any atom is 0.120 e. The van der Waals surface area contributed by atoms with Crippen LogP contribution in [-0.2, 0) is 6.54 Å². The Bertz CT molecular complexity index is 377. The Balaban J connectivity index is 3.01. The maximum atomic E-state index is 9.66. The lowest BCUT2D eigenvalue weighted by Crippen LogP contribution is -2.11. The summed E-state index contributed by atoms with van der Waals surface area (Å²) in [5.41, 5.74) is 1.99. The molecule has 0 saturated heterocycles. The predicted molar refractivity (Wildman–Crippen MR) is 62.7 cm³/mol. The lowest BCUT2D eigenvalue weighted by molar-refractivity contribution is 0.385. The van der Waals surface area contributed by atoms with Gasteiger partial charge in [0, 0.05) is 18.0 Å². The Morgan fingerprint density at radius 2 is 2.13 bits per heavy atom. The smallest absolute Gasteiger partial charge is 0.120 e. The van der Waals surface area contributed by atoms with Gasteiger partial charge < -0.3 is 10.0 Å². The molecule has 0 radical (unpaired) electrons. The molecule has 0 bridgehead atoms. The SMILES string of the molecule is C#CC(C)c1ccc(O)c(CN(C)C)c1. The first-order chi connectivity index (χ1) is 7.04. The van der Waals surface area contributed by atoms with Crippen LogP contribution < -0.4 is 0 Å². The van der Waals surface area contributed by atoms with Crippen LogP contribution in [0.25, 0.3) is 0 Å². The number of nitrogens with zero attached hydrogens (tertiary/aromatic N) is 1. The van der Waals surface area contributed by atoms with E-state index in [9.17, 15) is 5.11 Å². The van der Waals surface area contributed by atoms with E-state index in [1.165, 1.54) is 0 Å². The topological polar surface area (TPSA) is 23.5 Å². The fourth-order valence-electron chi connectivity index (χ4n) is 1.44. The van der Waals surface area contributed by atoms with Gasteiger partial charge in [0.1, 0.15) is 5.75 Å². The summed E-state index contributed by atoms with van der Waals surface area (Å²) in [5.74, 6) is 3.11. The van der Waals surface area contributed by atoms with Gasteiger partial charge in [-0.25, -0.2) is 0 Å². The Labute approximate surface area is 91.5 Å². The van der Waals surface area contributed by atoms with Crippen molar-refractivity contribution in [2.45, 2.75) is 19.4 Å². The normalized spacial score (nSPS) is 12.5. The lowest BCUT2D eigenvalue weighted by Gasteiger charge is -2.13. The molecule has 0 aliphatic rings. The second-order valence-corrected chi connectivity index (χ2v) is 4.01. The van der Waals surface area contributed by atoms with Crippen molar-refractivity contribution in [3.05, 3.63) is 29.3 Å². The Morgan fingerprint density at radius 3 is 2.67 bits per heavy atom. The number of aromatic hydroxyl groups is 1. The molecule has 2 nitrogen and oxygen atoms in total. The van der Waals surface area contributed by atoms with Crippen molar-refractivity contribution in [3.8, 4) is 18.1 Å². The van der Waals surface area contributed by atoms with Crippen LogP contribution in [0.4, 0.5) is 0 Å². The molecule has 80 valence electrons. The third-order valence-electron chi connectivity index (χ3n) is 2.34. The molecular formula is C13H17NO. The van der Waals surface area contributed by atoms with E-state index in [4.69, 9.17) is 6.42 Å². The van der Waals surface area contributed by atoms with Crippen LogP contribution in [0.5, 0.6) is 5.75 Å². The van der Waals surface area contributed by atoms with Gasteiger partial charge in [0.05, 0.1) is 0 Å². The summed E-state index contributed by atoms with van der Waals surface area (Å²) < 4.78 is 0. The van der Waals surface area contributed by atoms with Crippen molar-refractivity contribution in [2.75, 3.05) is 14.1 Å². The molecule has 2 heteroatoms. The molecule has 0 aliphatic heterocycles. The number of terminal acetylenes is 1. The van der Waals surface area contributed by atoms with Crippen LogP contribution >= 0.6 is 0 Å². The molecule has 0 spiro atoms. The van der Waals surface area contributed by atoms with E-state index in [-0.39, 0.29) is 5.92 Å². The van der Waals surface area contributed by atoms with Crippen molar-refractivity contribution in [3.63, 3.8) is 0 Å². The molecule has 0 heterocycles. The lowest BCUT2D eigenvalue weighted by atomic mass is 9.99. The summed E-state index contributed by atoms with van der Waals surface area (Å²) in [6.45, 7) is 2.70. The average Bonchev–Trinajstić information content (AvgIpc) is 2.19. The first kappa shape index (κ1) is 11.6. The summed E-state index contributed by atoms with van der Waals surface area (Å²) in [7, 11) is 3.94. The van der Waals surface area contributed by atoms with Crippen LogP contribution in [-0.4, -0.2) is 24.1 Å². The van der Waals surface area contributed by atoms with Gasteiger partial charge in [-0.2, -0.15) is 0 Å². The highest BCUT2D eigenvalue weighted by Gasteiger charge is 2.07. The molecule has 0 aromatic heterocycles. The molecule has 1 aromatic rings. The summed E-state index contributed by atoms with van der Waals surface area (Å²) in [4.78, 5) is 2.01. The summed E-state index contributed by atoms with van der Waals surface area (Å²) >= 11 is 0. The van der Waals surface area contributed by atoms with Gasteiger partial charge in [-0.05, 0) is 38.7 Å². The number of hydrogen-bond donors (Lipinski definition) is 1. The first-order valence-corrected chi connectivity index (χ1v) is 4.97. The molecule has 1 atom stereocenters. The second-order valence-electron chi connectivity index (χ2n) is 4.01. The zero-order chi connectivity index (χ0) is 11.4. The van der Waals surface area contributed by atoms with E-state index >= 15 is 0 Å². The van der Waals surface area contributed by atoms with Crippen LogP contribution in [0, 0.1) is 12.3 Å². The largest absolute Gasteiger partial charge is 0.508 e. The Morgan fingerprint density at radius 1 is 1.47 bits per heavy atom. The van der Waals surface area contributed by atoms with E-state index in [1.54, 1.807) is 6.07 Å². The van der Waals surface area contributed by atoms with Gasteiger partial charge in [0.25, 0.3) is 0 Å². The van der Waals surface area contributed by atoms with Crippen molar-refractivity contribution in [1.82, 2.24) is 4.90 Å². The predicted octanol–water partition coefficient (Wildman–Crippen LogP) is 2.19. The highest BCUT2D eigenvalue weighted by molar-refractivity contribution is 5.39. The first-order valence-electron chi connectivity index (χ1n) is 4.97. The maximum absolute atomic E-state index is 9.66. The van der Waals surface area contributed by atoms with Gasteiger partial charge in [-0.3, -0.25) is 0 Å². The van der Waals surface area contributed by atoms with Gasteiger partial charge >= 0.3 is 0 Å². The van der Waals surface area contributed by atoms with E-state index in [2.05, 4.69) is 5.92 Å². The monoisotopic (exact) mass is 203 g/mol. The molecule has 15 heavy (non-hydrogen) atoms. The van der Waals surface area contributed by atoms with Gasteiger partial charge in [-0.15, -0.1) is 6.42 Å². The van der Waals surface area contributed by atoms with Crippen molar-refractivity contribution >= 4 is 0 Å². The van der Waals surface area contributed by atoms with E-state index in [0.29, 0.717) is 5.75 Å². The quantitative estimate of drug-likeness (QED) is 0.761. The zero-order valence-electron chi connectivity index (χ0n) is 9.49. The van der Waals surface area contributed by atoms with Gasteiger partial charge in [0.2, 0.25) is 0 Å². The third-order valence-corrected chi connectivity index (χ3v) is 2.34. The van der Waals surface area contributed by atoms with E-state index < -0.39 is 0 Å². The number of phenols is 1. The van der Waals surface area contributed by atoms with Gasteiger partial charge in [-0.1, -0.05) is 12.0 Å². The Hall–Kier alpha value is -1.46. The molecule has 1 unspecified atom stereocenters. The summed E-state index contributed by atoms with van der Waals surface area (Å²) in [6, 6.07) is 5.56. The minimum atomic E-state index is 0.0894. The van der Waals surface area contributed by atoms with Crippen molar-refractivity contribution < 1.29 is 5.11 Å². The zero-order valence-corrected chi connectivity index (χ0v) is 9.49. The van der Waals surface area contributed by atoms with Gasteiger partial charge in [0.15, 0.2) is 0 Å². The Kier molecular flexibility index (Phi) is 3.76. The highest BCUT2D eigenvalue weighted by atomic mass is 16.3. The van der Waals surface area contributed by atoms with E-state index in [1.807, 2.05) is 38.1 Å². The number of phenolic OH excluding ortho intramolecular Hbond substituents is 1. The standard InChI is InChI=1S/C13H17NO/c1-5-10(2)11-6-7-13(15)12(8-11)9-14(3)4/h1,6-8,10,15H,9H2,2-4H3. The fraction of sp³-hybridized carbons (Fsp3) is 0.385. The molecule has 0 aliphatic carbocycles. The average molecular weight is 203 g/mol. The van der Waals surface area contributed by atoms with E-state index in [0.717, 1.165) is 17.7 Å². The number of rotatable bonds is 3. The fourth-order valence-corrected chi connectivity index (χ4v) is 1.44. The summed E-state index contributed by atoms with van der Waals surface area (Å²) in [5, 5.41) is 9.66. The number of hydrogen-bond acceptors (Lipinski definition) is 2. The molecule has 0 fully saturated rings. The van der Waals surface area contributed by atoms with Crippen molar-refractivity contribution in [1.29, 1.82) is 0 Å². The molecule has 1 aromatic carbocycles. The van der Waals surface area contributed by atoms with Crippen LogP contribution in [0.1, 0.15) is 24.0 Å². The molecule has 1 rings (SSSR count). The summed E-state index contributed by atoms with van der Waals surface area (Å²) in [6.07, 6.45) is 5.37. The molecule has 0 amide bonds. The molecular weight excluding hydrogens is 186 g/mol. The minimum Gasteiger partial charge on any atom is -0.508 e. The third kappa shape index (κ3) is 3.00. The highest BCUT2D eigenvalue weighted by Crippen LogP contribution is 2.23. The molecule has 1 N–H and O–H groups in total. The molecule has 0 saturated carbocycles. The minimum absolute atomic E-state index is 0.0894. The number of benzene rings is 1. The van der Waals surface area contributed by atoms with Crippen LogP contribution in [0.15, 0.2) is 18.2 Å². The second kappa shape index (κ2) is 4.86. The van der Waals surface area contributed by atoms with Crippen LogP contribution in [0.3, 0.4) is 0 Å². The van der Waals surface area contributed by atoms with Crippen LogP contribution in [0.2, 0.25) is 0 Å². The van der Waals surface area contributed by atoms with Crippen molar-refractivity contribution in [2.24, 2.45) is 0 Å².